The Balaban J connectivity index is 5.28. The number of phosphoric acid groups is 1. The average Bonchev–Trinajstić information content (AvgIpc) is 3.32. The SMILES string of the molecule is CCCCCCCCCCCCC/C=C/C(OC(=O)CCCCCCCCCCCCCCCCC)C(COP(=O)([O-])OCC[N+](C)(C)C)NC(=O)CCCCCCCCCCCCCCCCCC. The van der Waals surface area contributed by atoms with E-state index in [1.54, 1.807) is 0 Å². The normalized spacial score (nSPS) is 13.8. The minimum atomic E-state index is -4.69. The first-order valence-electron chi connectivity index (χ1n) is 30.5. The van der Waals surface area contributed by atoms with E-state index < -0.39 is 20.0 Å². The number of amides is 1. The van der Waals surface area contributed by atoms with E-state index in [-0.39, 0.29) is 31.5 Å². The Morgan fingerprint density at radius 1 is 0.486 bits per heavy atom. The van der Waals surface area contributed by atoms with Gasteiger partial charge in [0.05, 0.1) is 33.8 Å². The first-order chi connectivity index (χ1) is 33.9. The fourth-order valence-corrected chi connectivity index (χ4v) is 9.95. The van der Waals surface area contributed by atoms with Crippen molar-refractivity contribution in [1.29, 1.82) is 0 Å². The van der Waals surface area contributed by atoms with Crippen LogP contribution in [0.2, 0.25) is 0 Å². The molecular weight excluding hydrogens is 892 g/mol. The number of carbonyl (C=O) groups excluding carboxylic acids is 2. The fourth-order valence-electron chi connectivity index (χ4n) is 9.23. The summed E-state index contributed by atoms with van der Waals surface area (Å²) < 4.78 is 30.3. The van der Waals surface area contributed by atoms with Crippen molar-refractivity contribution in [1.82, 2.24) is 5.32 Å². The van der Waals surface area contributed by atoms with Crippen molar-refractivity contribution in [2.75, 3.05) is 40.9 Å². The molecule has 0 spiro atoms. The first-order valence-corrected chi connectivity index (χ1v) is 32.0. The van der Waals surface area contributed by atoms with Crippen LogP contribution in [0.25, 0.3) is 0 Å². The molecule has 0 saturated carbocycles. The van der Waals surface area contributed by atoms with Gasteiger partial charge in [0.25, 0.3) is 7.82 Å². The summed E-state index contributed by atoms with van der Waals surface area (Å²) in [6.07, 6.45) is 57.3. The Bertz CT molecular complexity index is 1210. The zero-order chi connectivity index (χ0) is 51.5. The highest BCUT2D eigenvalue weighted by atomic mass is 31.2. The minimum Gasteiger partial charge on any atom is -0.756 e. The molecule has 0 aromatic carbocycles. The molecule has 0 bridgehead atoms. The number of allylic oxidation sites excluding steroid dienone is 1. The molecule has 0 aliphatic heterocycles. The molecule has 10 heteroatoms. The fraction of sp³-hybridized carbons (Fsp3) is 0.933. The Labute approximate surface area is 435 Å². The summed E-state index contributed by atoms with van der Waals surface area (Å²) in [4.78, 5) is 39.9. The lowest BCUT2D eigenvalue weighted by Gasteiger charge is -2.30. The Morgan fingerprint density at radius 2 is 0.814 bits per heavy atom. The molecule has 0 aliphatic rings. The molecule has 1 N–H and O–H groups in total. The molecule has 3 atom stereocenters. The number of nitrogens with zero attached hydrogens (tertiary/aromatic N) is 1. The van der Waals surface area contributed by atoms with Crippen LogP contribution in [0.1, 0.15) is 310 Å². The minimum absolute atomic E-state index is 0.0168. The zero-order valence-electron chi connectivity index (χ0n) is 47.5. The second-order valence-corrected chi connectivity index (χ2v) is 23.6. The lowest BCUT2D eigenvalue weighted by atomic mass is 10.0. The van der Waals surface area contributed by atoms with Crippen molar-refractivity contribution in [2.45, 2.75) is 322 Å². The zero-order valence-corrected chi connectivity index (χ0v) is 48.4. The van der Waals surface area contributed by atoms with Gasteiger partial charge in [-0.05, 0) is 31.8 Å². The quantitative estimate of drug-likeness (QED) is 0.0212. The highest BCUT2D eigenvalue weighted by Crippen LogP contribution is 2.38. The van der Waals surface area contributed by atoms with E-state index in [1.807, 2.05) is 33.3 Å². The molecule has 3 unspecified atom stereocenters. The van der Waals surface area contributed by atoms with Gasteiger partial charge < -0.3 is 28.5 Å². The van der Waals surface area contributed by atoms with E-state index in [0.29, 0.717) is 17.4 Å². The first kappa shape index (κ1) is 68.8. The van der Waals surface area contributed by atoms with Gasteiger partial charge in [0.15, 0.2) is 0 Å². The molecule has 0 aliphatic carbocycles. The van der Waals surface area contributed by atoms with Crippen LogP contribution in [-0.2, 0) is 27.9 Å². The monoisotopic (exact) mass is 1010 g/mol. The van der Waals surface area contributed by atoms with Crippen LogP contribution in [0, 0.1) is 0 Å². The third-order valence-electron chi connectivity index (χ3n) is 14.0. The Kier molecular flexibility index (Phi) is 50.3. The van der Waals surface area contributed by atoms with E-state index in [2.05, 4.69) is 26.1 Å². The van der Waals surface area contributed by atoms with E-state index >= 15 is 0 Å². The topological polar surface area (TPSA) is 114 Å². The Morgan fingerprint density at radius 3 is 1.17 bits per heavy atom. The number of nitrogens with one attached hydrogen (secondary N) is 1. The van der Waals surface area contributed by atoms with Gasteiger partial charge in [-0.15, -0.1) is 0 Å². The molecule has 416 valence electrons. The molecule has 0 aromatic rings. The van der Waals surface area contributed by atoms with Gasteiger partial charge in [0, 0.05) is 12.8 Å². The standard InChI is InChI=1S/C60H119N2O7P/c1-7-10-13-16-19-22-25-28-30-32-34-37-40-43-46-49-52-59(63)61-57(56-68-70(65,66)67-55-54-62(4,5)6)58(51-48-45-42-39-36-33-27-24-21-18-15-12-9-3)69-60(64)53-50-47-44-41-38-35-31-29-26-23-20-17-14-11-8-2/h48,51,57-58H,7-47,49-50,52-56H2,1-6H3,(H-,61,63,65,66)/b51-48+. The summed E-state index contributed by atoms with van der Waals surface area (Å²) in [6, 6.07) is -0.878. The van der Waals surface area contributed by atoms with Crippen LogP contribution in [0.4, 0.5) is 0 Å². The number of esters is 1. The predicted octanol–water partition coefficient (Wildman–Crippen LogP) is 17.8. The van der Waals surface area contributed by atoms with Gasteiger partial charge in [-0.25, -0.2) is 0 Å². The van der Waals surface area contributed by atoms with Crippen molar-refractivity contribution < 1.29 is 37.3 Å². The number of hydrogen-bond donors (Lipinski definition) is 1. The molecule has 0 aromatic heterocycles. The maximum Gasteiger partial charge on any atom is 0.306 e. The summed E-state index contributed by atoms with van der Waals surface area (Å²) in [5.41, 5.74) is 0. The Hall–Kier alpha value is -1.25. The molecule has 70 heavy (non-hydrogen) atoms. The second kappa shape index (κ2) is 51.2. The van der Waals surface area contributed by atoms with E-state index in [4.69, 9.17) is 13.8 Å². The van der Waals surface area contributed by atoms with E-state index in [1.165, 1.54) is 218 Å². The van der Waals surface area contributed by atoms with Gasteiger partial charge >= 0.3 is 5.97 Å². The van der Waals surface area contributed by atoms with Gasteiger partial charge in [0.1, 0.15) is 19.3 Å². The van der Waals surface area contributed by atoms with Crippen LogP contribution >= 0.6 is 7.82 Å². The van der Waals surface area contributed by atoms with Crippen molar-refractivity contribution >= 4 is 19.7 Å². The molecule has 0 saturated heterocycles. The van der Waals surface area contributed by atoms with Crippen LogP contribution in [0.15, 0.2) is 12.2 Å². The number of quaternary nitrogens is 1. The van der Waals surface area contributed by atoms with Gasteiger partial charge in [-0.2, -0.15) is 0 Å². The van der Waals surface area contributed by atoms with Crippen molar-refractivity contribution in [3.8, 4) is 0 Å². The predicted molar refractivity (Wildman–Crippen MR) is 298 cm³/mol. The summed E-state index contributed by atoms with van der Waals surface area (Å²) >= 11 is 0. The van der Waals surface area contributed by atoms with Crippen LogP contribution in [-0.4, -0.2) is 69.4 Å². The lowest BCUT2D eigenvalue weighted by Crippen LogP contribution is -2.47. The molecular formula is C60H119N2O7P. The third kappa shape index (κ3) is 51.6. The summed E-state index contributed by atoms with van der Waals surface area (Å²) in [5, 5.41) is 3.04. The van der Waals surface area contributed by atoms with Crippen LogP contribution in [0.3, 0.4) is 0 Å². The lowest BCUT2D eigenvalue weighted by molar-refractivity contribution is -0.870. The van der Waals surface area contributed by atoms with Gasteiger partial charge in [0.2, 0.25) is 5.91 Å². The molecule has 1 amide bonds. The average molecular weight is 1010 g/mol. The number of likely N-dealkylation sites (N-methyl/N-ethyl adjacent to an activating group) is 1. The van der Waals surface area contributed by atoms with Crippen LogP contribution < -0.4 is 10.2 Å². The van der Waals surface area contributed by atoms with Gasteiger partial charge in [-0.1, -0.05) is 277 Å². The number of ether oxygens (including phenoxy) is 1. The highest BCUT2D eigenvalue weighted by molar-refractivity contribution is 7.45. The van der Waals surface area contributed by atoms with Crippen molar-refractivity contribution in [3.05, 3.63) is 12.2 Å². The number of carbonyl (C=O) groups is 2. The van der Waals surface area contributed by atoms with Gasteiger partial charge in [-0.3, -0.25) is 14.2 Å². The highest BCUT2D eigenvalue weighted by Gasteiger charge is 2.27. The maximum absolute atomic E-state index is 13.5. The number of unbranched alkanes of at least 4 members (excludes halogenated alkanes) is 40. The van der Waals surface area contributed by atoms with Crippen molar-refractivity contribution in [2.24, 2.45) is 0 Å². The molecule has 0 heterocycles. The smallest absolute Gasteiger partial charge is 0.306 e. The van der Waals surface area contributed by atoms with Crippen molar-refractivity contribution in [3.63, 3.8) is 0 Å². The third-order valence-corrected chi connectivity index (χ3v) is 14.9. The summed E-state index contributed by atoms with van der Waals surface area (Å²) in [5.74, 6) is -0.520. The number of hydrogen-bond acceptors (Lipinski definition) is 7. The molecule has 9 nitrogen and oxygen atoms in total. The number of phosphoric ester groups is 1. The molecule has 0 radical (unpaired) electrons. The second-order valence-electron chi connectivity index (χ2n) is 22.2. The van der Waals surface area contributed by atoms with Crippen LogP contribution in [0.5, 0.6) is 0 Å². The molecule has 0 fully saturated rings. The molecule has 0 rings (SSSR count). The summed E-state index contributed by atoms with van der Waals surface area (Å²) in [6.45, 7) is 6.89. The van der Waals surface area contributed by atoms with E-state index in [0.717, 1.165) is 57.8 Å². The largest absolute Gasteiger partial charge is 0.756 e. The van der Waals surface area contributed by atoms with E-state index in [9.17, 15) is 19.0 Å². The summed E-state index contributed by atoms with van der Waals surface area (Å²) in [7, 11) is 1.21. The maximum atomic E-state index is 13.5. The number of rotatable bonds is 56.